The van der Waals surface area contributed by atoms with E-state index in [1.165, 1.54) is 5.56 Å². The lowest BCUT2D eigenvalue weighted by atomic mass is 10.0. The predicted molar refractivity (Wildman–Crippen MR) is 194 cm³/mol. The quantitative estimate of drug-likeness (QED) is 0.180. The highest BCUT2D eigenvalue weighted by atomic mass is 32.1. The van der Waals surface area contributed by atoms with E-state index in [0.29, 0.717) is 17.8 Å². The highest BCUT2D eigenvalue weighted by molar-refractivity contribution is 7.08. The summed E-state index contributed by atoms with van der Waals surface area (Å²) in [6, 6.07) is 26.4. The molecule has 0 bridgehead atoms. The molecule has 2 aromatic carbocycles. The number of rotatable bonds is 7. The van der Waals surface area contributed by atoms with Gasteiger partial charge in [-0.2, -0.15) is 5.26 Å². The lowest BCUT2D eigenvalue weighted by Crippen LogP contribution is -2.04. The first-order valence-corrected chi connectivity index (χ1v) is 17.2. The van der Waals surface area contributed by atoms with E-state index in [1.54, 1.807) is 28.7 Å². The van der Waals surface area contributed by atoms with E-state index in [4.69, 9.17) is 0 Å². The lowest BCUT2D eigenvalue weighted by molar-refractivity contribution is 0.0690. The van der Waals surface area contributed by atoms with E-state index >= 15 is 0 Å². The van der Waals surface area contributed by atoms with Crippen LogP contribution in [0, 0.1) is 11.3 Å². The number of pyridine rings is 2. The predicted octanol–water partition coefficient (Wildman–Crippen LogP) is 8.15. The zero-order valence-corrected chi connectivity index (χ0v) is 28.2. The molecule has 0 aliphatic rings. The molecule has 6 aromatic heterocycles. The van der Waals surface area contributed by atoms with E-state index in [1.807, 2.05) is 81.7 Å². The normalized spacial score (nSPS) is 11.0. The summed E-state index contributed by atoms with van der Waals surface area (Å²) < 4.78 is 3.79. The van der Waals surface area contributed by atoms with Crippen LogP contribution in [-0.4, -0.2) is 40.1 Å². The zero-order chi connectivity index (χ0) is 33.9. The molecule has 240 valence electrons. The van der Waals surface area contributed by atoms with E-state index in [9.17, 15) is 15.2 Å². The average molecular weight is 680 g/mol. The van der Waals surface area contributed by atoms with Crippen LogP contribution in [0.3, 0.4) is 0 Å². The summed E-state index contributed by atoms with van der Waals surface area (Å²) in [6.07, 6.45) is 5.31. The molecule has 0 aliphatic carbocycles. The molecule has 6 heterocycles. The Balaban J connectivity index is 0.000000154. The van der Waals surface area contributed by atoms with Gasteiger partial charge in [-0.1, -0.05) is 48.5 Å². The van der Waals surface area contributed by atoms with Gasteiger partial charge in [-0.15, -0.1) is 22.7 Å². The van der Waals surface area contributed by atoms with Crippen LogP contribution >= 0.6 is 22.7 Å². The number of fused-ring (bicyclic) bond motifs is 2. The molecule has 0 aliphatic heterocycles. The van der Waals surface area contributed by atoms with Crippen LogP contribution in [0.15, 0.2) is 107 Å². The molecule has 0 saturated heterocycles. The molecule has 0 amide bonds. The van der Waals surface area contributed by atoms with Crippen molar-refractivity contribution < 1.29 is 9.90 Å². The van der Waals surface area contributed by atoms with Crippen LogP contribution < -0.4 is 0 Å². The first-order valence-electron chi connectivity index (χ1n) is 15.3. The fraction of sp³-hybridized carbons (Fsp3) is 0.105. The minimum atomic E-state index is -1.01. The molecule has 0 fully saturated rings. The van der Waals surface area contributed by atoms with Crippen LogP contribution in [-0.2, 0) is 26.9 Å². The molecule has 49 heavy (non-hydrogen) atoms. The van der Waals surface area contributed by atoms with Crippen molar-refractivity contribution in [1.29, 1.82) is 5.26 Å². The molecule has 0 unspecified atom stereocenters. The summed E-state index contributed by atoms with van der Waals surface area (Å²) in [5.74, 6) is -1.01. The Kier molecular flexibility index (Phi) is 8.81. The molecule has 1 N–H and O–H groups in total. The average Bonchev–Trinajstić information content (AvgIpc) is 3.95. The van der Waals surface area contributed by atoms with Crippen molar-refractivity contribution in [2.24, 2.45) is 14.1 Å². The van der Waals surface area contributed by atoms with Gasteiger partial charge in [-0.3, -0.25) is 0 Å². The molecular formula is C38H29N7O2S2. The number of nitrogens with zero attached hydrogens (tertiary/aromatic N) is 7. The third-order valence-corrected chi connectivity index (χ3v) is 9.51. The second kappa shape index (κ2) is 13.6. The number of carbonyl (C=O) groups is 1. The second-order valence-corrected chi connectivity index (χ2v) is 13.0. The van der Waals surface area contributed by atoms with E-state index < -0.39 is 5.97 Å². The molecule has 0 saturated carbocycles. The number of aryl methyl sites for hydroxylation is 2. The first kappa shape index (κ1) is 31.6. The van der Waals surface area contributed by atoms with Gasteiger partial charge in [0, 0.05) is 59.1 Å². The van der Waals surface area contributed by atoms with Crippen molar-refractivity contribution in [1.82, 2.24) is 29.1 Å². The number of carboxylic acids is 1. The van der Waals surface area contributed by atoms with Gasteiger partial charge in [0.1, 0.15) is 23.1 Å². The molecule has 8 rings (SSSR count). The Morgan fingerprint density at radius 2 is 1.22 bits per heavy atom. The summed E-state index contributed by atoms with van der Waals surface area (Å²) >= 11 is 3.17. The van der Waals surface area contributed by atoms with Crippen molar-refractivity contribution in [3.05, 3.63) is 141 Å². The smallest absolute Gasteiger partial charge is 0.354 e. The summed E-state index contributed by atoms with van der Waals surface area (Å²) in [7, 11) is 3.82. The largest absolute Gasteiger partial charge is 0.477 e. The highest BCUT2D eigenvalue weighted by Crippen LogP contribution is 2.26. The Morgan fingerprint density at radius 3 is 1.67 bits per heavy atom. The van der Waals surface area contributed by atoms with Crippen LogP contribution in [0.4, 0.5) is 0 Å². The lowest BCUT2D eigenvalue weighted by Gasteiger charge is -2.07. The van der Waals surface area contributed by atoms with Crippen molar-refractivity contribution in [2.45, 2.75) is 12.8 Å². The molecule has 0 atom stereocenters. The van der Waals surface area contributed by atoms with E-state index in [-0.39, 0.29) is 5.69 Å². The topological polar surface area (TPSA) is 123 Å². The number of benzene rings is 2. The monoisotopic (exact) mass is 679 g/mol. The summed E-state index contributed by atoms with van der Waals surface area (Å²) in [5.41, 5.74) is 14.3. The van der Waals surface area contributed by atoms with E-state index in [0.717, 1.165) is 62.0 Å². The van der Waals surface area contributed by atoms with E-state index in [2.05, 4.69) is 68.5 Å². The van der Waals surface area contributed by atoms with Gasteiger partial charge < -0.3 is 14.2 Å². The maximum absolute atomic E-state index is 11.4. The Morgan fingerprint density at radius 1 is 0.735 bits per heavy atom. The number of nitriles is 1. The number of hydrogen-bond donors (Lipinski definition) is 1. The van der Waals surface area contributed by atoms with Crippen LogP contribution in [0.5, 0.6) is 0 Å². The third-order valence-electron chi connectivity index (χ3n) is 8.33. The number of aromatic nitrogens is 6. The summed E-state index contributed by atoms with van der Waals surface area (Å²) in [6.45, 7) is 0. The SMILES string of the molecule is Cn1ccc2c(Cc3ccc(-c4cscn4)cc3)cc(C#N)nc21.Cn1ccc2c(Cc3ccc(-c4cscn4)cc3)cc(C(=O)O)nc21. The van der Waals surface area contributed by atoms with Gasteiger partial charge in [0.15, 0.2) is 5.69 Å². The standard InChI is InChI=1S/C19H14N4S.C19H15N3O2S/c1-23-7-6-17-15(9-16(10-20)22-19(17)23)8-13-2-4-14(5-3-13)18-11-24-12-21-18;1-22-7-6-15-14(9-16(19(23)24)21-18(15)22)8-12-2-4-13(5-3-12)17-10-25-11-20-17/h2-7,9,11-12H,8H2,1H3;2-7,9-11H,8H2,1H3,(H,23,24). The minimum Gasteiger partial charge on any atom is -0.477 e. The van der Waals surface area contributed by atoms with Crippen molar-refractivity contribution in [3.8, 4) is 28.6 Å². The van der Waals surface area contributed by atoms with Crippen LogP contribution in [0.2, 0.25) is 0 Å². The van der Waals surface area contributed by atoms with Crippen molar-refractivity contribution in [2.75, 3.05) is 0 Å². The summed E-state index contributed by atoms with van der Waals surface area (Å²) in [5, 5.41) is 24.7. The Hall–Kier alpha value is -5.96. The number of thiazole rings is 2. The molecular weight excluding hydrogens is 651 g/mol. The molecule has 0 radical (unpaired) electrons. The molecule has 0 spiro atoms. The van der Waals surface area contributed by atoms with Gasteiger partial charge in [-0.05, 0) is 59.4 Å². The minimum absolute atomic E-state index is 0.0726. The van der Waals surface area contributed by atoms with Gasteiger partial charge in [0.2, 0.25) is 0 Å². The number of aromatic carboxylic acids is 1. The number of hydrogen-bond acceptors (Lipinski definition) is 8. The molecule has 8 aromatic rings. The second-order valence-electron chi connectivity index (χ2n) is 11.6. The summed E-state index contributed by atoms with van der Waals surface area (Å²) in [4.78, 5) is 28.7. The van der Waals surface area contributed by atoms with Crippen molar-refractivity contribution >= 4 is 50.7 Å². The zero-order valence-electron chi connectivity index (χ0n) is 26.6. The van der Waals surface area contributed by atoms with Gasteiger partial charge in [-0.25, -0.2) is 24.7 Å². The maximum atomic E-state index is 11.4. The third kappa shape index (κ3) is 6.73. The fourth-order valence-corrected chi connectivity index (χ4v) is 6.92. The maximum Gasteiger partial charge on any atom is 0.354 e. The first-order chi connectivity index (χ1) is 23.9. The Labute approximate surface area is 290 Å². The fourth-order valence-electron chi connectivity index (χ4n) is 5.80. The van der Waals surface area contributed by atoms with Crippen molar-refractivity contribution in [3.63, 3.8) is 0 Å². The van der Waals surface area contributed by atoms with Gasteiger partial charge in [0.05, 0.1) is 22.4 Å². The van der Waals surface area contributed by atoms with Crippen LogP contribution in [0.1, 0.15) is 38.4 Å². The van der Waals surface area contributed by atoms with Gasteiger partial charge >= 0.3 is 5.97 Å². The van der Waals surface area contributed by atoms with Gasteiger partial charge in [0.25, 0.3) is 0 Å². The molecule has 9 nitrogen and oxygen atoms in total. The number of carboxylic acid groups (broad SMARTS) is 1. The highest BCUT2D eigenvalue weighted by Gasteiger charge is 2.14. The Bertz CT molecular complexity index is 2440. The van der Waals surface area contributed by atoms with Crippen LogP contribution in [0.25, 0.3) is 44.6 Å². The molecule has 11 heteroatoms.